The first-order chi connectivity index (χ1) is 10.9. The molecule has 0 aliphatic carbocycles. The molecule has 5 rings (SSSR count). The van der Waals surface area contributed by atoms with E-state index < -0.39 is 0 Å². The number of rotatable bonds is 1. The minimum Gasteiger partial charge on any atom is -0.0622 e. The third kappa shape index (κ3) is 1.52. The molecule has 0 aliphatic heterocycles. The van der Waals surface area contributed by atoms with Crippen molar-refractivity contribution in [3.05, 3.63) is 84.9 Å². The lowest BCUT2D eigenvalue weighted by molar-refractivity contribution is 1.66. The van der Waals surface area contributed by atoms with Crippen LogP contribution in [0.4, 0.5) is 0 Å². The summed E-state index contributed by atoms with van der Waals surface area (Å²) < 4.78 is 0. The second-order valence-electron chi connectivity index (χ2n) is 5.75. The van der Waals surface area contributed by atoms with E-state index in [0.29, 0.717) is 0 Å². The molecule has 0 amide bonds. The van der Waals surface area contributed by atoms with Crippen LogP contribution in [0.2, 0.25) is 0 Å². The summed E-state index contributed by atoms with van der Waals surface area (Å²) in [5, 5.41) is 7.75. The highest BCUT2D eigenvalue weighted by Gasteiger charge is 2.11. The Balaban J connectivity index is 2.02. The molecule has 0 bridgehead atoms. The first kappa shape index (κ1) is 11.8. The van der Waals surface area contributed by atoms with Crippen LogP contribution >= 0.6 is 0 Å². The molecule has 5 aromatic rings. The standard InChI is InChI=1S/C22H13/c1-2-5-15(6-3-1)19-13-11-18-10-9-16-7-4-8-17-12-14-20(19)22(18)21(16)17/h1-8,10-14H. The van der Waals surface area contributed by atoms with Crippen LogP contribution in [-0.4, -0.2) is 0 Å². The molecule has 0 spiro atoms. The second-order valence-corrected chi connectivity index (χ2v) is 5.75. The maximum absolute atomic E-state index is 3.42. The highest BCUT2D eigenvalue weighted by Crippen LogP contribution is 2.38. The Morgan fingerprint density at radius 2 is 1.45 bits per heavy atom. The Kier molecular flexibility index (Phi) is 2.31. The van der Waals surface area contributed by atoms with Gasteiger partial charge >= 0.3 is 0 Å². The fourth-order valence-corrected chi connectivity index (χ4v) is 3.52. The predicted molar refractivity (Wildman–Crippen MR) is 94.4 cm³/mol. The molecule has 0 N–H and O–H groups in total. The Bertz CT molecular complexity index is 1090. The number of benzene rings is 5. The Morgan fingerprint density at radius 3 is 2.36 bits per heavy atom. The van der Waals surface area contributed by atoms with Gasteiger partial charge in [-0.3, -0.25) is 0 Å². The smallest absolute Gasteiger partial charge is 0.00201 e. The van der Waals surface area contributed by atoms with Crippen LogP contribution in [0.25, 0.3) is 43.4 Å². The van der Waals surface area contributed by atoms with E-state index >= 15 is 0 Å². The van der Waals surface area contributed by atoms with Gasteiger partial charge in [0.2, 0.25) is 0 Å². The molecule has 0 saturated heterocycles. The number of hydrogen-bond acceptors (Lipinski definition) is 0. The van der Waals surface area contributed by atoms with Crippen molar-refractivity contribution in [1.29, 1.82) is 0 Å². The first-order valence-electron chi connectivity index (χ1n) is 7.55. The molecule has 0 fully saturated rings. The molecule has 0 atom stereocenters. The van der Waals surface area contributed by atoms with Crippen molar-refractivity contribution in [2.45, 2.75) is 0 Å². The van der Waals surface area contributed by atoms with E-state index in [1.54, 1.807) is 0 Å². The summed E-state index contributed by atoms with van der Waals surface area (Å²) in [6.45, 7) is 0. The van der Waals surface area contributed by atoms with Gasteiger partial charge in [0.15, 0.2) is 0 Å². The van der Waals surface area contributed by atoms with Crippen LogP contribution < -0.4 is 0 Å². The highest BCUT2D eigenvalue weighted by molar-refractivity contribution is 6.25. The molecule has 0 aliphatic rings. The van der Waals surface area contributed by atoms with E-state index in [4.69, 9.17) is 0 Å². The summed E-state index contributed by atoms with van der Waals surface area (Å²) in [7, 11) is 0. The van der Waals surface area contributed by atoms with Crippen molar-refractivity contribution in [2.24, 2.45) is 0 Å². The lowest BCUT2D eigenvalue weighted by Crippen LogP contribution is -1.86. The monoisotopic (exact) mass is 277 g/mol. The minimum atomic E-state index is 1.20. The second kappa shape index (κ2) is 4.32. The average Bonchev–Trinajstić information content (AvgIpc) is 2.60. The van der Waals surface area contributed by atoms with Gasteiger partial charge < -0.3 is 0 Å². The van der Waals surface area contributed by atoms with E-state index in [1.807, 2.05) is 0 Å². The van der Waals surface area contributed by atoms with Crippen LogP contribution in [-0.2, 0) is 0 Å². The fourth-order valence-electron chi connectivity index (χ4n) is 3.52. The third-order valence-electron chi connectivity index (χ3n) is 4.52. The molecule has 0 heterocycles. The zero-order valence-corrected chi connectivity index (χ0v) is 12.0. The lowest BCUT2D eigenvalue weighted by Gasteiger charge is -2.13. The van der Waals surface area contributed by atoms with Crippen molar-refractivity contribution in [3.63, 3.8) is 0 Å². The molecular formula is C22H13. The topological polar surface area (TPSA) is 0 Å². The SMILES string of the molecule is [c]1cc2ccc(-c3ccccc3)c3ccc4cccc1c4c23. The van der Waals surface area contributed by atoms with Crippen LogP contribution in [0.5, 0.6) is 0 Å². The van der Waals surface area contributed by atoms with Gasteiger partial charge in [-0.15, -0.1) is 0 Å². The summed E-state index contributed by atoms with van der Waals surface area (Å²) >= 11 is 0. The van der Waals surface area contributed by atoms with Crippen molar-refractivity contribution < 1.29 is 0 Å². The zero-order valence-electron chi connectivity index (χ0n) is 12.0. The van der Waals surface area contributed by atoms with Gasteiger partial charge in [0, 0.05) is 0 Å². The van der Waals surface area contributed by atoms with Crippen molar-refractivity contribution in [3.8, 4) is 11.1 Å². The fraction of sp³-hybridized carbons (Fsp3) is 0. The molecule has 22 heavy (non-hydrogen) atoms. The van der Waals surface area contributed by atoms with Gasteiger partial charge in [0.05, 0.1) is 0 Å². The van der Waals surface area contributed by atoms with E-state index in [1.165, 1.54) is 43.4 Å². The average molecular weight is 277 g/mol. The third-order valence-corrected chi connectivity index (χ3v) is 4.52. The normalized spacial score (nSPS) is 11.6. The minimum absolute atomic E-state index is 1.20. The number of hydrogen-bond donors (Lipinski definition) is 0. The quantitative estimate of drug-likeness (QED) is 0.327. The first-order valence-corrected chi connectivity index (χ1v) is 7.55. The van der Waals surface area contributed by atoms with Gasteiger partial charge in [0.1, 0.15) is 0 Å². The summed E-state index contributed by atoms with van der Waals surface area (Å²) in [4.78, 5) is 0. The van der Waals surface area contributed by atoms with Crippen LogP contribution in [0.1, 0.15) is 0 Å². The van der Waals surface area contributed by atoms with Gasteiger partial charge in [-0.05, 0) is 55.6 Å². The molecule has 0 saturated carbocycles. The van der Waals surface area contributed by atoms with E-state index in [-0.39, 0.29) is 0 Å². The molecule has 5 aromatic carbocycles. The van der Waals surface area contributed by atoms with Crippen molar-refractivity contribution >= 4 is 32.3 Å². The molecule has 1 radical (unpaired) electrons. The van der Waals surface area contributed by atoms with Gasteiger partial charge in [0.25, 0.3) is 0 Å². The summed E-state index contributed by atoms with van der Waals surface area (Å²) in [6, 6.07) is 31.5. The zero-order chi connectivity index (χ0) is 14.5. The van der Waals surface area contributed by atoms with E-state index in [2.05, 4.69) is 84.9 Å². The Hall–Kier alpha value is -2.86. The van der Waals surface area contributed by atoms with Gasteiger partial charge in [-0.25, -0.2) is 0 Å². The molecular weight excluding hydrogens is 264 g/mol. The largest absolute Gasteiger partial charge is 0.0622 e. The maximum atomic E-state index is 3.42. The summed E-state index contributed by atoms with van der Waals surface area (Å²) in [6.07, 6.45) is 0. The summed E-state index contributed by atoms with van der Waals surface area (Å²) in [5.74, 6) is 0. The van der Waals surface area contributed by atoms with Crippen LogP contribution in [0.3, 0.4) is 0 Å². The maximum Gasteiger partial charge on any atom is -0.00201 e. The molecule has 0 aromatic heterocycles. The van der Waals surface area contributed by atoms with Gasteiger partial charge in [-0.1, -0.05) is 72.8 Å². The highest BCUT2D eigenvalue weighted by atomic mass is 14.1. The molecule has 0 unspecified atom stereocenters. The lowest BCUT2D eigenvalue weighted by atomic mass is 9.90. The Labute approximate surface area is 129 Å². The molecule has 0 nitrogen and oxygen atoms in total. The van der Waals surface area contributed by atoms with Crippen LogP contribution in [0.15, 0.2) is 78.9 Å². The van der Waals surface area contributed by atoms with Crippen molar-refractivity contribution in [2.75, 3.05) is 0 Å². The van der Waals surface area contributed by atoms with Gasteiger partial charge in [-0.2, -0.15) is 0 Å². The van der Waals surface area contributed by atoms with Crippen molar-refractivity contribution in [1.82, 2.24) is 0 Å². The van der Waals surface area contributed by atoms with Crippen LogP contribution in [0, 0.1) is 6.07 Å². The molecule has 101 valence electrons. The Morgan fingerprint density at radius 1 is 0.591 bits per heavy atom. The van der Waals surface area contributed by atoms with E-state index in [9.17, 15) is 0 Å². The molecule has 0 heteroatoms. The predicted octanol–water partition coefficient (Wildman–Crippen LogP) is 6.05. The summed E-state index contributed by atoms with van der Waals surface area (Å²) in [5.41, 5.74) is 2.57. The van der Waals surface area contributed by atoms with E-state index in [0.717, 1.165) is 0 Å².